The standard InChI is InChI=1S/C17H17NO4/c1-2-22-14-10-8-13(9-11-14)16(20)18-17(21)15(19)12-6-4-3-5-7-12/h3-11,17,21H,2H2,1H3,(H,18,20)/t17-/m1/s1. The smallest absolute Gasteiger partial charge is 0.253 e. The zero-order valence-electron chi connectivity index (χ0n) is 12.2. The number of amides is 1. The molecular formula is C17H17NO4. The third-order valence-corrected chi connectivity index (χ3v) is 3.00. The van der Waals surface area contributed by atoms with Crippen LogP contribution in [0.3, 0.4) is 0 Å². The molecule has 0 unspecified atom stereocenters. The zero-order chi connectivity index (χ0) is 15.9. The van der Waals surface area contributed by atoms with E-state index in [2.05, 4.69) is 5.32 Å². The van der Waals surface area contributed by atoms with Crippen molar-refractivity contribution < 1.29 is 19.4 Å². The van der Waals surface area contributed by atoms with E-state index >= 15 is 0 Å². The van der Waals surface area contributed by atoms with Crippen molar-refractivity contribution in [2.75, 3.05) is 6.61 Å². The Balaban J connectivity index is 2.00. The summed E-state index contributed by atoms with van der Waals surface area (Å²) in [6.45, 7) is 2.40. The van der Waals surface area contributed by atoms with E-state index in [-0.39, 0.29) is 0 Å². The maximum Gasteiger partial charge on any atom is 0.253 e. The van der Waals surface area contributed by atoms with E-state index in [1.165, 1.54) is 0 Å². The van der Waals surface area contributed by atoms with Crippen molar-refractivity contribution in [3.05, 3.63) is 65.7 Å². The van der Waals surface area contributed by atoms with E-state index in [0.29, 0.717) is 23.5 Å². The number of rotatable bonds is 6. The molecule has 0 aliphatic rings. The first-order chi connectivity index (χ1) is 10.6. The average Bonchev–Trinajstić information content (AvgIpc) is 2.55. The molecule has 0 aliphatic carbocycles. The topological polar surface area (TPSA) is 75.6 Å². The summed E-state index contributed by atoms with van der Waals surface area (Å²) in [5.74, 6) is -0.431. The van der Waals surface area contributed by atoms with Gasteiger partial charge in [0.2, 0.25) is 5.78 Å². The number of nitrogens with one attached hydrogen (secondary N) is 1. The van der Waals surface area contributed by atoms with Crippen molar-refractivity contribution in [2.45, 2.75) is 13.2 Å². The van der Waals surface area contributed by atoms with Gasteiger partial charge in [0.05, 0.1) is 6.61 Å². The minimum atomic E-state index is -1.58. The van der Waals surface area contributed by atoms with Gasteiger partial charge in [-0.15, -0.1) is 0 Å². The van der Waals surface area contributed by atoms with E-state index in [9.17, 15) is 14.7 Å². The van der Waals surface area contributed by atoms with Crippen molar-refractivity contribution >= 4 is 11.7 Å². The lowest BCUT2D eigenvalue weighted by Gasteiger charge is -2.12. The Hall–Kier alpha value is -2.66. The molecule has 2 rings (SSSR count). The van der Waals surface area contributed by atoms with E-state index in [0.717, 1.165) is 0 Å². The van der Waals surface area contributed by atoms with E-state index < -0.39 is 17.9 Å². The largest absolute Gasteiger partial charge is 0.494 e. The highest BCUT2D eigenvalue weighted by atomic mass is 16.5. The van der Waals surface area contributed by atoms with Crippen LogP contribution in [-0.4, -0.2) is 29.6 Å². The van der Waals surface area contributed by atoms with Crippen molar-refractivity contribution in [1.82, 2.24) is 5.32 Å². The Morgan fingerprint density at radius 3 is 2.27 bits per heavy atom. The molecule has 0 fully saturated rings. The summed E-state index contributed by atoms with van der Waals surface area (Å²) in [4.78, 5) is 24.0. The summed E-state index contributed by atoms with van der Waals surface area (Å²) in [6.07, 6.45) is -1.58. The quantitative estimate of drug-likeness (QED) is 0.632. The molecule has 0 aromatic heterocycles. The van der Waals surface area contributed by atoms with Gasteiger partial charge in [-0.2, -0.15) is 0 Å². The van der Waals surface area contributed by atoms with Crippen LogP contribution < -0.4 is 10.1 Å². The Morgan fingerprint density at radius 2 is 1.68 bits per heavy atom. The lowest BCUT2D eigenvalue weighted by Crippen LogP contribution is -2.40. The van der Waals surface area contributed by atoms with Crippen LogP contribution in [0.5, 0.6) is 5.75 Å². The van der Waals surface area contributed by atoms with Gasteiger partial charge in [0, 0.05) is 11.1 Å². The van der Waals surface area contributed by atoms with Crippen molar-refractivity contribution in [3.8, 4) is 5.75 Å². The zero-order valence-corrected chi connectivity index (χ0v) is 12.2. The first kappa shape index (κ1) is 15.7. The number of hydrogen-bond donors (Lipinski definition) is 2. The van der Waals surface area contributed by atoms with Gasteiger partial charge in [-0.05, 0) is 31.2 Å². The summed E-state index contributed by atoms with van der Waals surface area (Å²) in [6, 6.07) is 14.8. The highest BCUT2D eigenvalue weighted by Gasteiger charge is 2.19. The molecule has 0 radical (unpaired) electrons. The number of aliphatic hydroxyl groups is 1. The minimum Gasteiger partial charge on any atom is -0.494 e. The second kappa shape index (κ2) is 7.38. The molecule has 0 bridgehead atoms. The maximum absolute atomic E-state index is 12.0. The Bertz CT molecular complexity index is 637. The summed E-state index contributed by atoms with van der Waals surface area (Å²) < 4.78 is 5.28. The number of carbonyl (C=O) groups is 2. The molecule has 5 nitrogen and oxygen atoms in total. The van der Waals surface area contributed by atoms with Gasteiger partial charge in [-0.1, -0.05) is 30.3 Å². The number of benzene rings is 2. The first-order valence-electron chi connectivity index (χ1n) is 6.93. The van der Waals surface area contributed by atoms with E-state index in [4.69, 9.17) is 4.74 Å². The molecule has 1 amide bonds. The van der Waals surface area contributed by atoms with Gasteiger partial charge in [0.25, 0.3) is 5.91 Å². The number of Topliss-reactive ketones (excluding diaryl/α,β-unsaturated/α-hetero) is 1. The summed E-state index contributed by atoms with van der Waals surface area (Å²) in [7, 11) is 0. The van der Waals surface area contributed by atoms with Crippen molar-refractivity contribution in [2.24, 2.45) is 0 Å². The van der Waals surface area contributed by atoms with Gasteiger partial charge in [-0.25, -0.2) is 0 Å². The molecule has 2 aromatic rings. The first-order valence-corrected chi connectivity index (χ1v) is 6.93. The second-order valence-electron chi connectivity index (χ2n) is 4.56. The van der Waals surface area contributed by atoms with Gasteiger partial charge in [0.1, 0.15) is 5.75 Å². The Labute approximate surface area is 128 Å². The highest BCUT2D eigenvalue weighted by Crippen LogP contribution is 2.12. The summed E-state index contributed by atoms with van der Waals surface area (Å²) in [5.41, 5.74) is 0.672. The number of ether oxygens (including phenoxy) is 1. The molecule has 0 heterocycles. The third kappa shape index (κ3) is 3.93. The van der Waals surface area contributed by atoms with E-state index in [1.807, 2.05) is 6.92 Å². The molecule has 22 heavy (non-hydrogen) atoms. The number of hydrogen-bond acceptors (Lipinski definition) is 4. The molecule has 1 atom stereocenters. The average molecular weight is 299 g/mol. The third-order valence-electron chi connectivity index (χ3n) is 3.00. The van der Waals surface area contributed by atoms with Gasteiger partial charge in [0.15, 0.2) is 6.23 Å². The number of carbonyl (C=O) groups excluding carboxylic acids is 2. The van der Waals surface area contributed by atoms with E-state index in [1.54, 1.807) is 54.6 Å². The molecule has 5 heteroatoms. The summed E-state index contributed by atoms with van der Waals surface area (Å²) in [5, 5.41) is 12.1. The number of aliphatic hydroxyl groups excluding tert-OH is 1. The molecule has 2 N–H and O–H groups in total. The SMILES string of the molecule is CCOc1ccc(C(=O)N[C@H](O)C(=O)c2ccccc2)cc1. The van der Waals surface area contributed by atoms with Crippen LogP contribution in [0.15, 0.2) is 54.6 Å². The molecule has 2 aromatic carbocycles. The molecule has 0 spiro atoms. The van der Waals surface area contributed by atoms with Gasteiger partial charge >= 0.3 is 0 Å². The lowest BCUT2D eigenvalue weighted by atomic mass is 10.1. The van der Waals surface area contributed by atoms with Crippen molar-refractivity contribution in [1.29, 1.82) is 0 Å². The molecule has 0 saturated heterocycles. The van der Waals surface area contributed by atoms with Crippen LogP contribution in [0.2, 0.25) is 0 Å². The highest BCUT2D eigenvalue weighted by molar-refractivity contribution is 6.03. The summed E-state index contributed by atoms with van der Waals surface area (Å²) >= 11 is 0. The van der Waals surface area contributed by atoms with Crippen LogP contribution in [0, 0.1) is 0 Å². The predicted octanol–water partition coefficient (Wildman–Crippen LogP) is 2.02. The normalized spacial score (nSPS) is 11.5. The van der Waals surface area contributed by atoms with Crippen LogP contribution in [-0.2, 0) is 0 Å². The predicted molar refractivity (Wildman–Crippen MR) is 81.9 cm³/mol. The number of ketones is 1. The van der Waals surface area contributed by atoms with Crippen molar-refractivity contribution in [3.63, 3.8) is 0 Å². The Morgan fingerprint density at radius 1 is 1.05 bits per heavy atom. The fraction of sp³-hybridized carbons (Fsp3) is 0.176. The maximum atomic E-state index is 12.0. The van der Waals surface area contributed by atoms with Crippen LogP contribution in [0.1, 0.15) is 27.6 Å². The minimum absolute atomic E-state index is 0.335. The van der Waals surface area contributed by atoms with Gasteiger partial charge in [-0.3, -0.25) is 9.59 Å². The molecule has 114 valence electrons. The van der Waals surface area contributed by atoms with Crippen LogP contribution >= 0.6 is 0 Å². The Kier molecular flexibility index (Phi) is 5.27. The van der Waals surface area contributed by atoms with Crippen LogP contribution in [0.4, 0.5) is 0 Å². The fourth-order valence-electron chi connectivity index (χ4n) is 1.90. The lowest BCUT2D eigenvalue weighted by molar-refractivity contribution is 0.0607. The monoisotopic (exact) mass is 299 g/mol. The van der Waals surface area contributed by atoms with Crippen LogP contribution in [0.25, 0.3) is 0 Å². The molecular weight excluding hydrogens is 282 g/mol. The van der Waals surface area contributed by atoms with Gasteiger partial charge < -0.3 is 15.2 Å². The molecule has 0 aliphatic heterocycles. The fourth-order valence-corrected chi connectivity index (χ4v) is 1.90. The second-order valence-corrected chi connectivity index (χ2v) is 4.56. The molecule has 0 saturated carbocycles.